The van der Waals surface area contributed by atoms with Crippen molar-refractivity contribution in [1.29, 1.82) is 0 Å². The molecule has 0 N–H and O–H groups in total. The van der Waals surface area contributed by atoms with Crippen LogP contribution in [-0.4, -0.2) is 20.8 Å². The van der Waals surface area contributed by atoms with Crippen LogP contribution in [0.5, 0.6) is 0 Å². The van der Waals surface area contributed by atoms with Gasteiger partial charge in [-0.15, -0.1) is 0 Å². The lowest BCUT2D eigenvalue weighted by Gasteiger charge is -2.04. The summed E-state index contributed by atoms with van der Waals surface area (Å²) in [6.07, 6.45) is 2.44. The summed E-state index contributed by atoms with van der Waals surface area (Å²) in [4.78, 5) is 22.2. The Morgan fingerprint density at radius 1 is 1.08 bits per heavy atom. The number of nitro benzene ring substituents is 1. The molecule has 7 heteroatoms. The SMILES string of the molecule is O=C(OCc1ccccc1)n1cc(-c2ccc([N+](=O)[O-])cc2)cn1. The Labute approximate surface area is 137 Å². The van der Waals surface area contributed by atoms with Gasteiger partial charge in [0, 0.05) is 23.9 Å². The van der Waals surface area contributed by atoms with E-state index in [1.165, 1.54) is 24.5 Å². The lowest BCUT2D eigenvalue weighted by Crippen LogP contribution is -2.13. The van der Waals surface area contributed by atoms with Gasteiger partial charge in [-0.2, -0.15) is 9.78 Å². The maximum absolute atomic E-state index is 12.0. The van der Waals surface area contributed by atoms with Crippen molar-refractivity contribution in [2.75, 3.05) is 0 Å². The Balaban J connectivity index is 1.68. The highest BCUT2D eigenvalue weighted by molar-refractivity contribution is 5.72. The molecule has 7 nitrogen and oxygen atoms in total. The van der Waals surface area contributed by atoms with Gasteiger partial charge in [-0.3, -0.25) is 10.1 Å². The molecule has 2 aromatic carbocycles. The van der Waals surface area contributed by atoms with Gasteiger partial charge in [-0.05, 0) is 23.3 Å². The van der Waals surface area contributed by atoms with E-state index in [2.05, 4.69) is 5.10 Å². The number of benzene rings is 2. The third kappa shape index (κ3) is 3.46. The van der Waals surface area contributed by atoms with Crippen LogP contribution in [0.25, 0.3) is 11.1 Å². The summed E-state index contributed by atoms with van der Waals surface area (Å²) in [5.74, 6) is 0. The van der Waals surface area contributed by atoms with E-state index in [0.717, 1.165) is 15.8 Å². The van der Waals surface area contributed by atoms with E-state index in [1.54, 1.807) is 12.1 Å². The summed E-state index contributed by atoms with van der Waals surface area (Å²) < 4.78 is 6.28. The minimum absolute atomic E-state index is 0.00779. The van der Waals surface area contributed by atoms with Crippen LogP contribution in [-0.2, 0) is 11.3 Å². The topological polar surface area (TPSA) is 87.3 Å². The summed E-state index contributed by atoms with van der Waals surface area (Å²) in [5, 5.41) is 14.6. The van der Waals surface area contributed by atoms with E-state index >= 15 is 0 Å². The fourth-order valence-electron chi connectivity index (χ4n) is 2.13. The average Bonchev–Trinajstić information content (AvgIpc) is 3.11. The molecular formula is C17H13N3O4. The van der Waals surface area contributed by atoms with Crippen molar-refractivity contribution in [3.8, 4) is 11.1 Å². The zero-order valence-corrected chi connectivity index (χ0v) is 12.5. The molecule has 3 rings (SSSR count). The molecular weight excluding hydrogens is 310 g/mol. The Kier molecular flexibility index (Phi) is 4.33. The molecule has 0 saturated heterocycles. The second-order valence-corrected chi connectivity index (χ2v) is 5.02. The molecule has 0 aliphatic carbocycles. The molecule has 0 bridgehead atoms. The first-order chi connectivity index (χ1) is 11.6. The minimum Gasteiger partial charge on any atom is -0.443 e. The first-order valence-electron chi connectivity index (χ1n) is 7.14. The third-order valence-corrected chi connectivity index (χ3v) is 3.39. The zero-order valence-electron chi connectivity index (χ0n) is 12.5. The third-order valence-electron chi connectivity index (χ3n) is 3.39. The van der Waals surface area contributed by atoms with Gasteiger partial charge in [0.2, 0.25) is 0 Å². The molecule has 0 aliphatic heterocycles. The molecule has 0 amide bonds. The van der Waals surface area contributed by atoms with E-state index in [-0.39, 0.29) is 12.3 Å². The highest BCUT2D eigenvalue weighted by Gasteiger charge is 2.11. The van der Waals surface area contributed by atoms with Crippen LogP contribution in [0.3, 0.4) is 0 Å². The molecule has 0 saturated carbocycles. The normalized spacial score (nSPS) is 10.3. The molecule has 120 valence electrons. The van der Waals surface area contributed by atoms with Gasteiger partial charge >= 0.3 is 6.09 Å². The molecule has 1 heterocycles. The summed E-state index contributed by atoms with van der Waals surface area (Å²) in [6.45, 7) is 0.159. The van der Waals surface area contributed by atoms with Crippen molar-refractivity contribution >= 4 is 11.8 Å². The summed E-state index contributed by atoms with van der Waals surface area (Å²) in [6, 6.07) is 15.4. The standard InChI is InChI=1S/C17H13N3O4/c21-17(24-12-13-4-2-1-3-5-13)19-11-15(10-18-19)14-6-8-16(9-7-14)20(22)23/h1-11H,12H2. The molecule has 0 atom stereocenters. The van der Waals surface area contributed by atoms with Gasteiger partial charge < -0.3 is 4.74 Å². The predicted octanol–water partition coefficient (Wildman–Crippen LogP) is 3.64. The second-order valence-electron chi connectivity index (χ2n) is 5.02. The van der Waals surface area contributed by atoms with Crippen LogP contribution in [0, 0.1) is 10.1 Å². The molecule has 0 aliphatic rings. The van der Waals surface area contributed by atoms with Crippen molar-refractivity contribution in [2.24, 2.45) is 0 Å². The smallest absolute Gasteiger partial charge is 0.435 e. The van der Waals surface area contributed by atoms with Crippen LogP contribution in [0.2, 0.25) is 0 Å². The molecule has 0 unspecified atom stereocenters. The van der Waals surface area contributed by atoms with Crippen LogP contribution < -0.4 is 0 Å². The maximum atomic E-state index is 12.0. The van der Waals surface area contributed by atoms with Gasteiger partial charge in [0.15, 0.2) is 0 Å². The summed E-state index contributed by atoms with van der Waals surface area (Å²) in [5.41, 5.74) is 2.28. The van der Waals surface area contributed by atoms with E-state index in [1.807, 2.05) is 30.3 Å². The number of non-ortho nitro benzene ring substituents is 1. The monoisotopic (exact) mass is 323 g/mol. The van der Waals surface area contributed by atoms with Crippen molar-refractivity contribution < 1.29 is 14.5 Å². The molecule has 3 aromatic rings. The Morgan fingerprint density at radius 2 is 1.79 bits per heavy atom. The number of hydrogen-bond donors (Lipinski definition) is 0. The Hall–Kier alpha value is -3.48. The lowest BCUT2D eigenvalue weighted by molar-refractivity contribution is -0.384. The number of nitro groups is 1. The van der Waals surface area contributed by atoms with Gasteiger partial charge in [-0.25, -0.2) is 4.79 Å². The van der Waals surface area contributed by atoms with E-state index in [9.17, 15) is 14.9 Å². The summed E-state index contributed by atoms with van der Waals surface area (Å²) >= 11 is 0. The number of nitrogens with zero attached hydrogens (tertiary/aromatic N) is 3. The van der Waals surface area contributed by atoms with Crippen LogP contribution in [0.15, 0.2) is 67.0 Å². The number of rotatable bonds is 4. The summed E-state index contributed by atoms with van der Waals surface area (Å²) in [7, 11) is 0. The largest absolute Gasteiger partial charge is 0.443 e. The highest BCUT2D eigenvalue weighted by Crippen LogP contribution is 2.21. The van der Waals surface area contributed by atoms with Gasteiger partial charge in [0.05, 0.1) is 11.1 Å². The lowest BCUT2D eigenvalue weighted by atomic mass is 10.1. The average molecular weight is 323 g/mol. The molecule has 24 heavy (non-hydrogen) atoms. The predicted molar refractivity (Wildman–Crippen MR) is 86.3 cm³/mol. The van der Waals surface area contributed by atoms with E-state index in [4.69, 9.17) is 4.74 Å². The van der Waals surface area contributed by atoms with Crippen molar-refractivity contribution in [1.82, 2.24) is 9.78 Å². The van der Waals surface area contributed by atoms with Gasteiger partial charge in [-0.1, -0.05) is 30.3 Å². The van der Waals surface area contributed by atoms with E-state index < -0.39 is 11.0 Å². The maximum Gasteiger partial charge on any atom is 0.435 e. The number of aromatic nitrogens is 2. The van der Waals surface area contributed by atoms with Crippen LogP contribution >= 0.6 is 0 Å². The molecule has 0 spiro atoms. The van der Waals surface area contributed by atoms with Crippen molar-refractivity contribution in [2.45, 2.75) is 6.61 Å². The van der Waals surface area contributed by atoms with Crippen LogP contribution in [0.1, 0.15) is 5.56 Å². The number of carbonyl (C=O) groups is 1. The quantitative estimate of drug-likeness (QED) is 0.540. The zero-order chi connectivity index (χ0) is 16.9. The highest BCUT2D eigenvalue weighted by atomic mass is 16.6. The van der Waals surface area contributed by atoms with Crippen molar-refractivity contribution in [3.05, 3.63) is 82.7 Å². The van der Waals surface area contributed by atoms with E-state index in [0.29, 0.717) is 5.56 Å². The first-order valence-corrected chi connectivity index (χ1v) is 7.14. The fourth-order valence-corrected chi connectivity index (χ4v) is 2.13. The molecule has 1 aromatic heterocycles. The first kappa shape index (κ1) is 15.4. The Bertz CT molecular complexity index is 857. The number of hydrogen-bond acceptors (Lipinski definition) is 5. The van der Waals surface area contributed by atoms with Crippen LogP contribution in [0.4, 0.5) is 10.5 Å². The number of ether oxygens (including phenoxy) is 1. The minimum atomic E-state index is -0.591. The molecule has 0 fully saturated rings. The fraction of sp³-hybridized carbons (Fsp3) is 0.0588. The van der Waals surface area contributed by atoms with Gasteiger partial charge in [0.1, 0.15) is 6.61 Å². The number of carbonyl (C=O) groups excluding carboxylic acids is 1. The van der Waals surface area contributed by atoms with Crippen molar-refractivity contribution in [3.63, 3.8) is 0 Å². The van der Waals surface area contributed by atoms with Gasteiger partial charge in [0.25, 0.3) is 5.69 Å². The second kappa shape index (κ2) is 6.74. The molecule has 0 radical (unpaired) electrons. The Morgan fingerprint density at radius 3 is 2.46 bits per heavy atom.